The molecule has 2 aliphatic carbocycles. The van der Waals surface area contributed by atoms with Crippen molar-refractivity contribution in [2.75, 3.05) is 0 Å². The first-order chi connectivity index (χ1) is 14.5. The van der Waals surface area contributed by atoms with Gasteiger partial charge in [0.05, 0.1) is 11.1 Å². The molecule has 0 atom stereocenters. The van der Waals surface area contributed by atoms with E-state index in [0.29, 0.717) is 24.9 Å². The molecule has 170 valence electrons. The normalized spacial score (nSPS) is 15.8. The second-order valence-corrected chi connectivity index (χ2v) is 7.42. The maximum Gasteiger partial charge on any atom is 0.416 e. The van der Waals surface area contributed by atoms with E-state index in [1.807, 2.05) is 0 Å². The molecular formula is C22H24F6N2O. The summed E-state index contributed by atoms with van der Waals surface area (Å²) >= 11 is 0. The number of aldehydes is 1. The molecule has 4 rings (SSSR count). The molecule has 9 heteroatoms. The third-order valence-corrected chi connectivity index (χ3v) is 4.45. The fourth-order valence-corrected chi connectivity index (χ4v) is 2.21. The van der Waals surface area contributed by atoms with Crippen molar-refractivity contribution in [3.8, 4) is 0 Å². The van der Waals surface area contributed by atoms with Gasteiger partial charge in [0.25, 0.3) is 0 Å². The molecule has 2 aromatic rings. The number of alkyl halides is 6. The van der Waals surface area contributed by atoms with E-state index in [1.165, 1.54) is 37.8 Å². The first-order valence-corrected chi connectivity index (χ1v) is 9.76. The van der Waals surface area contributed by atoms with Gasteiger partial charge in [-0.1, -0.05) is 24.3 Å². The zero-order valence-electron chi connectivity index (χ0n) is 16.6. The van der Waals surface area contributed by atoms with E-state index in [9.17, 15) is 31.1 Å². The van der Waals surface area contributed by atoms with Gasteiger partial charge in [-0.25, -0.2) is 0 Å². The van der Waals surface area contributed by atoms with E-state index in [1.54, 1.807) is 0 Å². The lowest BCUT2D eigenvalue weighted by Crippen LogP contribution is -2.15. The monoisotopic (exact) mass is 446 g/mol. The molecule has 0 heterocycles. The Morgan fingerprint density at radius 3 is 1.55 bits per heavy atom. The van der Waals surface area contributed by atoms with Crippen LogP contribution < -0.4 is 11.1 Å². The van der Waals surface area contributed by atoms with E-state index in [-0.39, 0.29) is 5.56 Å². The van der Waals surface area contributed by atoms with Crippen molar-refractivity contribution in [2.45, 2.75) is 56.7 Å². The fourth-order valence-electron chi connectivity index (χ4n) is 2.21. The van der Waals surface area contributed by atoms with Gasteiger partial charge in [0.2, 0.25) is 0 Å². The van der Waals surface area contributed by atoms with Crippen LogP contribution in [0, 0.1) is 0 Å². The van der Waals surface area contributed by atoms with Crippen molar-refractivity contribution in [1.29, 1.82) is 0 Å². The van der Waals surface area contributed by atoms with Crippen LogP contribution in [0.1, 0.15) is 52.7 Å². The number of halogens is 6. The summed E-state index contributed by atoms with van der Waals surface area (Å²) < 4.78 is 72.5. The van der Waals surface area contributed by atoms with Crippen molar-refractivity contribution >= 4 is 6.29 Å². The number of carbonyl (C=O) groups is 1. The Labute approximate surface area is 176 Å². The molecule has 0 unspecified atom stereocenters. The highest BCUT2D eigenvalue weighted by molar-refractivity contribution is 5.74. The molecule has 2 aromatic carbocycles. The number of hydrogen-bond donors (Lipinski definition) is 2. The summed E-state index contributed by atoms with van der Waals surface area (Å²) in [5.41, 5.74) is 5.03. The van der Waals surface area contributed by atoms with E-state index in [4.69, 9.17) is 5.73 Å². The quantitative estimate of drug-likeness (QED) is 0.476. The van der Waals surface area contributed by atoms with Gasteiger partial charge in [-0.3, -0.25) is 4.79 Å². The molecule has 0 saturated heterocycles. The average Bonchev–Trinajstić information content (AvgIpc) is 3.64. The number of carbonyl (C=O) groups excluding carboxylic acids is 1. The topological polar surface area (TPSA) is 55.1 Å². The average molecular weight is 446 g/mol. The first kappa shape index (κ1) is 24.9. The zero-order valence-corrected chi connectivity index (χ0v) is 16.6. The van der Waals surface area contributed by atoms with Crippen LogP contribution in [0.4, 0.5) is 26.3 Å². The molecule has 0 aromatic heterocycles. The minimum atomic E-state index is -4.33. The molecule has 3 nitrogen and oxygen atoms in total. The largest absolute Gasteiger partial charge is 0.416 e. The molecule has 31 heavy (non-hydrogen) atoms. The highest BCUT2D eigenvalue weighted by atomic mass is 19.4. The molecule has 3 N–H and O–H groups in total. The van der Waals surface area contributed by atoms with E-state index in [0.717, 1.165) is 42.0 Å². The molecule has 0 spiro atoms. The second-order valence-electron chi connectivity index (χ2n) is 7.42. The Bertz CT molecular complexity index is 808. The van der Waals surface area contributed by atoms with Crippen molar-refractivity contribution in [1.82, 2.24) is 5.32 Å². The molecule has 2 aliphatic rings. The molecule has 0 aliphatic heterocycles. The lowest BCUT2D eigenvalue weighted by atomic mass is 10.1. The molecule has 0 bridgehead atoms. The Hall–Kier alpha value is -2.39. The van der Waals surface area contributed by atoms with E-state index in [2.05, 4.69) is 5.32 Å². The van der Waals surface area contributed by atoms with Gasteiger partial charge in [-0.15, -0.1) is 0 Å². The smallest absolute Gasteiger partial charge is 0.328 e. The zero-order chi connectivity index (χ0) is 23.1. The van der Waals surface area contributed by atoms with Crippen LogP contribution in [-0.2, 0) is 18.9 Å². The Balaban J connectivity index is 0.000000190. The van der Waals surface area contributed by atoms with Crippen LogP contribution in [0.15, 0.2) is 48.5 Å². The maximum absolute atomic E-state index is 12.2. The highest BCUT2D eigenvalue weighted by Crippen LogP contribution is 2.30. The number of rotatable bonds is 4. The van der Waals surface area contributed by atoms with Gasteiger partial charge in [0, 0.05) is 24.2 Å². The van der Waals surface area contributed by atoms with Gasteiger partial charge in [-0.2, -0.15) is 26.3 Å². The minimum Gasteiger partial charge on any atom is -0.328 e. The molecular weight excluding hydrogens is 422 g/mol. The van der Waals surface area contributed by atoms with Gasteiger partial charge in [0.1, 0.15) is 6.29 Å². The third kappa shape index (κ3) is 9.97. The molecule has 2 saturated carbocycles. The van der Waals surface area contributed by atoms with Gasteiger partial charge >= 0.3 is 12.4 Å². The van der Waals surface area contributed by atoms with Crippen LogP contribution in [0.5, 0.6) is 0 Å². The van der Waals surface area contributed by atoms with Gasteiger partial charge in [-0.05, 0) is 55.5 Å². The summed E-state index contributed by atoms with van der Waals surface area (Å²) in [4.78, 5) is 10.1. The summed E-state index contributed by atoms with van der Waals surface area (Å²) in [7, 11) is 0. The van der Waals surface area contributed by atoms with Crippen molar-refractivity contribution < 1.29 is 31.1 Å². The number of benzene rings is 2. The van der Waals surface area contributed by atoms with E-state index < -0.39 is 23.5 Å². The Morgan fingerprint density at radius 2 is 1.23 bits per heavy atom. The minimum absolute atomic E-state index is 0.239. The summed E-state index contributed by atoms with van der Waals surface area (Å²) in [5, 5.41) is 3.25. The van der Waals surface area contributed by atoms with Crippen LogP contribution in [0.2, 0.25) is 0 Å². The molecule has 0 amide bonds. The van der Waals surface area contributed by atoms with Gasteiger partial charge in [0.15, 0.2) is 0 Å². The molecule has 2 fully saturated rings. The summed E-state index contributed by atoms with van der Waals surface area (Å²) in [6, 6.07) is 10.5. The maximum atomic E-state index is 12.2. The third-order valence-electron chi connectivity index (χ3n) is 4.45. The summed E-state index contributed by atoms with van der Waals surface area (Å²) in [6.07, 6.45) is -3.18. The summed E-state index contributed by atoms with van der Waals surface area (Å²) in [5.74, 6) is 0. The number of nitrogens with two attached hydrogens (primary N) is 1. The predicted octanol–water partition coefficient (Wildman–Crippen LogP) is 5.58. The SMILES string of the molecule is FC(F)(F)c1ccc(CNC2CC2)cc1.NC1CC1.O=Cc1ccc(C(F)(F)F)cc1. The van der Waals surface area contributed by atoms with E-state index >= 15 is 0 Å². The van der Waals surface area contributed by atoms with Gasteiger partial charge < -0.3 is 11.1 Å². The highest BCUT2D eigenvalue weighted by Gasteiger charge is 2.30. The summed E-state index contributed by atoms with van der Waals surface area (Å²) in [6.45, 7) is 0.656. The number of hydrogen-bond acceptors (Lipinski definition) is 3. The van der Waals surface area contributed by atoms with Crippen LogP contribution in [-0.4, -0.2) is 18.4 Å². The Kier molecular flexibility index (Phi) is 8.64. The van der Waals surface area contributed by atoms with Crippen molar-refractivity contribution in [2.24, 2.45) is 5.73 Å². The lowest BCUT2D eigenvalue weighted by Gasteiger charge is -2.07. The number of nitrogens with one attached hydrogen (secondary N) is 1. The van der Waals surface area contributed by atoms with Crippen LogP contribution >= 0.6 is 0 Å². The standard InChI is InChI=1S/C11H12F3N.C8H5F3O.C3H7N/c12-11(13,14)9-3-1-8(2-4-9)7-15-10-5-6-10;9-8(10,11)7-3-1-6(5-12)2-4-7;4-3-1-2-3/h1-4,10,15H,5-7H2;1-5H;3H,1-2,4H2. The molecule has 0 radical (unpaired) electrons. The van der Waals surface area contributed by atoms with Crippen LogP contribution in [0.3, 0.4) is 0 Å². The van der Waals surface area contributed by atoms with Crippen molar-refractivity contribution in [3.63, 3.8) is 0 Å². The second kappa shape index (κ2) is 10.8. The predicted molar refractivity (Wildman–Crippen MR) is 105 cm³/mol. The first-order valence-electron chi connectivity index (χ1n) is 9.76. The van der Waals surface area contributed by atoms with Crippen LogP contribution in [0.25, 0.3) is 0 Å². The Morgan fingerprint density at radius 1 is 0.806 bits per heavy atom. The fraction of sp³-hybridized carbons (Fsp3) is 0.409. The van der Waals surface area contributed by atoms with Crippen molar-refractivity contribution in [3.05, 3.63) is 70.8 Å². The lowest BCUT2D eigenvalue weighted by molar-refractivity contribution is -0.138.